The molecule has 0 aliphatic heterocycles. The number of anilines is 1. The summed E-state index contributed by atoms with van der Waals surface area (Å²) in [5.41, 5.74) is 2.27. The van der Waals surface area contributed by atoms with Gasteiger partial charge in [-0.3, -0.25) is 4.79 Å². The van der Waals surface area contributed by atoms with Gasteiger partial charge in [-0.2, -0.15) is 5.11 Å². The largest absolute Gasteiger partial charge is 0.502 e. The smallest absolute Gasteiger partial charge is 0.343 e. The number of benzene rings is 4. The number of carbonyl (C=O) groups is 3. The van der Waals surface area contributed by atoms with E-state index >= 15 is 0 Å². The lowest BCUT2D eigenvalue weighted by Crippen LogP contribution is -2.39. The summed E-state index contributed by atoms with van der Waals surface area (Å²) in [6.07, 6.45) is 15.4. The Morgan fingerprint density at radius 3 is 1.97 bits per heavy atom. The van der Waals surface area contributed by atoms with Crippen molar-refractivity contribution >= 4 is 45.7 Å². The third kappa shape index (κ3) is 15.2. The van der Waals surface area contributed by atoms with Gasteiger partial charge in [0.15, 0.2) is 0 Å². The monoisotopic (exact) mass is 885 g/mol. The van der Waals surface area contributed by atoms with E-state index in [1.165, 1.54) is 6.26 Å². The average molecular weight is 886 g/mol. The van der Waals surface area contributed by atoms with Crippen LogP contribution in [0, 0.1) is 16.2 Å². The number of rotatable bonds is 25. The molecule has 5 rings (SSSR count). The fraction of sp³-hybridized carbons (Fsp3) is 0.426. The normalized spacial score (nSPS) is 15.0. The number of carbonyl (C=O) groups excluding carboxylic acids is 3. The van der Waals surface area contributed by atoms with Crippen LogP contribution in [0.1, 0.15) is 120 Å². The van der Waals surface area contributed by atoms with Gasteiger partial charge in [0, 0.05) is 28.4 Å². The Balaban J connectivity index is 1.03. The average Bonchev–Trinajstić information content (AvgIpc) is 3.30. The van der Waals surface area contributed by atoms with Crippen molar-refractivity contribution in [3.63, 3.8) is 0 Å². The summed E-state index contributed by atoms with van der Waals surface area (Å²) in [4.78, 5) is 38.1. The van der Waals surface area contributed by atoms with Crippen molar-refractivity contribution in [2.45, 2.75) is 99.3 Å². The zero-order valence-corrected chi connectivity index (χ0v) is 39.2. The molecule has 346 valence electrons. The Bertz CT molecular complexity index is 2290. The van der Waals surface area contributed by atoms with E-state index in [0.29, 0.717) is 62.0 Å². The molecule has 0 radical (unpaired) electrons. The molecule has 0 saturated heterocycles. The first kappa shape index (κ1) is 49.8. The molecule has 1 unspecified atom stereocenters. The summed E-state index contributed by atoms with van der Waals surface area (Å²) < 4.78 is 27.7. The highest BCUT2D eigenvalue weighted by atomic mass is 16.5. The molecule has 11 heteroatoms. The van der Waals surface area contributed by atoms with Crippen LogP contribution >= 0.6 is 0 Å². The van der Waals surface area contributed by atoms with Crippen LogP contribution in [-0.2, 0) is 23.7 Å². The molecule has 1 aliphatic carbocycles. The zero-order valence-electron chi connectivity index (χ0n) is 39.2. The number of ether oxygens (including phenoxy) is 5. The molecule has 65 heavy (non-hydrogen) atoms. The van der Waals surface area contributed by atoms with E-state index in [1.54, 1.807) is 48.5 Å². The second-order valence-corrected chi connectivity index (χ2v) is 18.4. The minimum absolute atomic E-state index is 0.173. The predicted molar refractivity (Wildman–Crippen MR) is 258 cm³/mol. The minimum atomic E-state index is -0.556. The van der Waals surface area contributed by atoms with Crippen LogP contribution < -0.4 is 10.1 Å². The predicted octanol–water partition coefficient (Wildman–Crippen LogP) is 13.8. The van der Waals surface area contributed by atoms with E-state index in [4.69, 9.17) is 23.7 Å². The fourth-order valence-electron chi connectivity index (χ4n) is 6.78. The minimum Gasteiger partial charge on any atom is -0.502 e. The molecule has 0 fully saturated rings. The summed E-state index contributed by atoms with van der Waals surface area (Å²) in [5, 5.41) is 14.6. The van der Waals surface area contributed by atoms with Gasteiger partial charge in [0.05, 0.1) is 60.6 Å². The number of nitrogens with zero attached hydrogens (tertiary/aromatic N) is 2. The van der Waals surface area contributed by atoms with Gasteiger partial charge >= 0.3 is 17.9 Å². The van der Waals surface area contributed by atoms with Crippen molar-refractivity contribution in [2.75, 3.05) is 38.3 Å². The molecular weight excluding hydrogens is 819 g/mol. The summed E-state index contributed by atoms with van der Waals surface area (Å²) in [6, 6.07) is 26.0. The number of hydrogen-bond acceptors (Lipinski definition) is 11. The first-order valence-electron chi connectivity index (χ1n) is 22.9. The maximum absolute atomic E-state index is 12.9. The van der Waals surface area contributed by atoms with Crippen LogP contribution in [-0.4, -0.2) is 50.9 Å². The molecule has 1 aliphatic rings. The van der Waals surface area contributed by atoms with E-state index in [9.17, 15) is 14.4 Å². The molecule has 0 heterocycles. The quantitative estimate of drug-likeness (QED) is 0.0227. The third-order valence-electron chi connectivity index (χ3n) is 12.1. The highest BCUT2D eigenvalue weighted by Gasteiger charge is 2.41. The number of nitrogens with one attached hydrogen (secondary N) is 1. The molecule has 1 N–H and O–H groups in total. The van der Waals surface area contributed by atoms with Crippen molar-refractivity contribution < 1.29 is 38.1 Å². The molecule has 0 saturated carbocycles. The molecule has 1 atom stereocenters. The van der Waals surface area contributed by atoms with Crippen LogP contribution in [0.25, 0.3) is 10.8 Å². The van der Waals surface area contributed by atoms with Gasteiger partial charge in [0.2, 0.25) is 0 Å². The molecule has 0 bridgehead atoms. The number of esters is 3. The number of allylic oxidation sites excluding steroid dienone is 2. The molecule has 0 spiro atoms. The molecule has 11 nitrogen and oxygen atoms in total. The lowest BCUT2D eigenvalue weighted by Gasteiger charge is -2.36. The standard InChI is InChI=1S/C54H67N3O8/c1-8-61-35-15-9-10-16-36-62-43-27-23-41(24-28-43)50(59)65-44-31-33-54(7,34-32-44)39-55-47-29-30-48(46-20-14-13-19-45(46)47)57-56-42-25-21-40(22-26-42)49(58)63-37-17-11-12-18-38-64-51(60)53(5,6)52(2,3)4/h8,13-14,19-33,55H,1,9-12,15-18,34-39H2,2-7H3. The van der Waals surface area contributed by atoms with Gasteiger partial charge in [0.25, 0.3) is 0 Å². The Morgan fingerprint density at radius 2 is 1.32 bits per heavy atom. The molecule has 4 aromatic carbocycles. The first-order chi connectivity index (χ1) is 31.2. The van der Waals surface area contributed by atoms with E-state index < -0.39 is 11.4 Å². The van der Waals surface area contributed by atoms with Gasteiger partial charge in [0.1, 0.15) is 11.5 Å². The Kier molecular flexibility index (Phi) is 18.5. The SMILES string of the molecule is C=COCCCCCCOc1ccc(C(=O)OC2=CCC(C)(CNc3ccc(N=Nc4ccc(C(=O)OCCCCCCOC(=O)C(C)(C)C(C)(C)C)cc4)c4ccccc34)C=C2)cc1. The first-order valence-corrected chi connectivity index (χ1v) is 22.9. The number of hydrogen-bond donors (Lipinski definition) is 1. The highest BCUT2D eigenvalue weighted by molar-refractivity contribution is 6.01. The zero-order chi connectivity index (χ0) is 46.7. The fourth-order valence-corrected chi connectivity index (χ4v) is 6.78. The molecule has 4 aromatic rings. The van der Waals surface area contributed by atoms with Gasteiger partial charge in [-0.15, -0.1) is 5.11 Å². The van der Waals surface area contributed by atoms with Gasteiger partial charge in [-0.05, 0) is 150 Å². The van der Waals surface area contributed by atoms with Crippen LogP contribution in [0.15, 0.2) is 132 Å². The highest BCUT2D eigenvalue weighted by Crippen LogP contribution is 2.39. The second kappa shape index (κ2) is 24.2. The maximum atomic E-state index is 12.9. The topological polar surface area (TPSA) is 134 Å². The van der Waals surface area contributed by atoms with Gasteiger partial charge in [-0.25, -0.2) is 9.59 Å². The Morgan fingerprint density at radius 1 is 0.708 bits per heavy atom. The van der Waals surface area contributed by atoms with Crippen molar-refractivity contribution in [1.82, 2.24) is 0 Å². The summed E-state index contributed by atoms with van der Waals surface area (Å²) in [6.45, 7) is 18.4. The Hall–Kier alpha value is -6.23. The van der Waals surface area contributed by atoms with Crippen molar-refractivity contribution in [3.05, 3.63) is 133 Å². The van der Waals surface area contributed by atoms with Crippen LogP contribution in [0.5, 0.6) is 5.75 Å². The molecular formula is C54H67N3O8. The van der Waals surface area contributed by atoms with Crippen molar-refractivity contribution in [2.24, 2.45) is 26.5 Å². The second-order valence-electron chi connectivity index (χ2n) is 18.4. The lowest BCUT2D eigenvalue weighted by molar-refractivity contribution is -0.160. The van der Waals surface area contributed by atoms with Crippen molar-refractivity contribution in [1.29, 1.82) is 0 Å². The van der Waals surface area contributed by atoms with Crippen LogP contribution in [0.4, 0.5) is 17.1 Å². The van der Waals surface area contributed by atoms with Crippen LogP contribution in [0.3, 0.4) is 0 Å². The molecule has 0 aromatic heterocycles. The van der Waals surface area contributed by atoms with Crippen LogP contribution in [0.2, 0.25) is 0 Å². The molecule has 0 amide bonds. The van der Waals surface area contributed by atoms with Crippen molar-refractivity contribution in [3.8, 4) is 5.75 Å². The summed E-state index contributed by atoms with van der Waals surface area (Å²) in [5.74, 6) is 0.282. The summed E-state index contributed by atoms with van der Waals surface area (Å²) >= 11 is 0. The maximum Gasteiger partial charge on any atom is 0.343 e. The lowest BCUT2D eigenvalue weighted by atomic mass is 9.69. The summed E-state index contributed by atoms with van der Waals surface area (Å²) in [7, 11) is 0. The van der Waals surface area contributed by atoms with E-state index in [0.717, 1.165) is 79.3 Å². The van der Waals surface area contributed by atoms with E-state index in [-0.39, 0.29) is 22.8 Å². The van der Waals surface area contributed by atoms with E-state index in [2.05, 4.69) is 41.2 Å². The van der Waals surface area contributed by atoms with E-state index in [1.807, 2.05) is 77.1 Å². The number of fused-ring (bicyclic) bond motifs is 1. The number of azo groups is 1. The number of unbranched alkanes of at least 4 members (excludes halogenated alkanes) is 6. The van der Waals surface area contributed by atoms with Gasteiger partial charge in [-0.1, -0.05) is 64.6 Å². The third-order valence-corrected chi connectivity index (χ3v) is 12.1. The van der Waals surface area contributed by atoms with Gasteiger partial charge < -0.3 is 29.0 Å². The Labute approximate surface area is 385 Å².